The first-order chi connectivity index (χ1) is 10.0. The molecular formula is C19H28O2. The molecule has 116 valence electrons. The molecule has 21 heavy (non-hydrogen) atoms. The first-order valence-corrected chi connectivity index (χ1v) is 8.92. The van der Waals surface area contributed by atoms with Crippen LogP contribution >= 0.6 is 0 Å². The van der Waals surface area contributed by atoms with E-state index in [1.807, 2.05) is 6.08 Å². The van der Waals surface area contributed by atoms with Crippen molar-refractivity contribution in [1.82, 2.24) is 0 Å². The molecule has 0 aromatic rings. The number of fused-ring (bicyclic) bond motifs is 5. The third-order valence-electron chi connectivity index (χ3n) is 7.59. The summed E-state index contributed by atoms with van der Waals surface area (Å²) in [6.07, 6.45) is 9.54. The summed E-state index contributed by atoms with van der Waals surface area (Å²) in [5, 5.41) is 10.5. The lowest BCUT2D eigenvalue weighted by Crippen LogP contribution is -2.50. The smallest absolute Gasteiger partial charge is 0.155 e. The number of hydrogen-bond donors (Lipinski definition) is 1. The van der Waals surface area contributed by atoms with Crippen molar-refractivity contribution in [2.75, 3.05) is 0 Å². The number of aliphatic hydroxyl groups excluding tert-OH is 1. The molecule has 4 rings (SSSR count). The largest absolute Gasteiger partial charge is 0.393 e. The molecule has 3 fully saturated rings. The Balaban J connectivity index is 1.68. The van der Waals surface area contributed by atoms with Gasteiger partial charge in [0, 0.05) is 6.42 Å². The average molecular weight is 288 g/mol. The van der Waals surface area contributed by atoms with Gasteiger partial charge in [-0.15, -0.1) is 0 Å². The van der Waals surface area contributed by atoms with Gasteiger partial charge < -0.3 is 5.11 Å². The highest BCUT2D eigenvalue weighted by Gasteiger charge is 2.57. The molecule has 0 spiro atoms. The van der Waals surface area contributed by atoms with Crippen LogP contribution in [0.4, 0.5) is 0 Å². The van der Waals surface area contributed by atoms with E-state index in [9.17, 15) is 9.90 Å². The van der Waals surface area contributed by atoms with Crippen LogP contribution in [-0.4, -0.2) is 17.0 Å². The van der Waals surface area contributed by atoms with Crippen LogP contribution in [0.5, 0.6) is 0 Å². The van der Waals surface area contributed by atoms with E-state index in [4.69, 9.17) is 0 Å². The fourth-order valence-electron chi connectivity index (χ4n) is 6.56. The molecule has 4 aliphatic carbocycles. The van der Waals surface area contributed by atoms with Crippen molar-refractivity contribution in [2.24, 2.45) is 35.0 Å². The topological polar surface area (TPSA) is 37.3 Å². The molecule has 2 nitrogen and oxygen atoms in total. The zero-order valence-electron chi connectivity index (χ0n) is 13.3. The lowest BCUT2D eigenvalue weighted by molar-refractivity contribution is -0.116. The molecule has 0 aromatic heterocycles. The minimum absolute atomic E-state index is 0.0828. The third-order valence-corrected chi connectivity index (χ3v) is 7.59. The van der Waals surface area contributed by atoms with Crippen molar-refractivity contribution in [3.05, 3.63) is 11.6 Å². The number of rotatable bonds is 0. The van der Waals surface area contributed by atoms with Crippen LogP contribution in [0.1, 0.15) is 58.8 Å². The van der Waals surface area contributed by atoms with E-state index < -0.39 is 0 Å². The second-order valence-corrected chi connectivity index (χ2v) is 8.50. The van der Waals surface area contributed by atoms with Crippen molar-refractivity contribution < 1.29 is 9.90 Å². The van der Waals surface area contributed by atoms with Crippen molar-refractivity contribution >= 4 is 5.78 Å². The number of carbonyl (C=O) groups excluding carboxylic acids is 1. The predicted octanol–water partition coefficient (Wildman–Crippen LogP) is 3.74. The maximum absolute atomic E-state index is 11.8. The van der Waals surface area contributed by atoms with Crippen molar-refractivity contribution in [1.29, 1.82) is 0 Å². The van der Waals surface area contributed by atoms with E-state index in [0.29, 0.717) is 23.5 Å². The summed E-state index contributed by atoms with van der Waals surface area (Å²) in [6.45, 7) is 4.73. The predicted molar refractivity (Wildman–Crippen MR) is 82.6 cm³/mol. The van der Waals surface area contributed by atoms with Gasteiger partial charge in [-0.1, -0.05) is 19.4 Å². The Morgan fingerprint density at radius 1 is 1.24 bits per heavy atom. The molecular weight excluding hydrogens is 260 g/mol. The van der Waals surface area contributed by atoms with Crippen LogP contribution in [0, 0.1) is 35.0 Å². The Morgan fingerprint density at radius 3 is 2.86 bits per heavy atom. The van der Waals surface area contributed by atoms with Gasteiger partial charge in [0.2, 0.25) is 0 Å². The second kappa shape index (κ2) is 4.68. The summed E-state index contributed by atoms with van der Waals surface area (Å²) in [6, 6.07) is 0. The molecule has 0 aromatic carbocycles. The SMILES string of the molecule is CC1CC2=CC(=O)CC[C@@H]2[C@@H]2CC[C@]3(C)C(O)CC[C@@H]3[C@H]12. The Kier molecular flexibility index (Phi) is 3.12. The van der Waals surface area contributed by atoms with E-state index in [0.717, 1.165) is 37.5 Å². The molecule has 0 radical (unpaired) electrons. The van der Waals surface area contributed by atoms with E-state index in [1.54, 1.807) is 0 Å². The fourth-order valence-corrected chi connectivity index (χ4v) is 6.56. The number of ketones is 1. The lowest BCUT2D eigenvalue weighted by Gasteiger charge is -2.55. The van der Waals surface area contributed by atoms with Gasteiger partial charge >= 0.3 is 0 Å². The van der Waals surface area contributed by atoms with Gasteiger partial charge in [0.15, 0.2) is 5.78 Å². The molecule has 1 N–H and O–H groups in total. The number of aliphatic hydroxyl groups is 1. The van der Waals surface area contributed by atoms with E-state index in [-0.39, 0.29) is 11.5 Å². The van der Waals surface area contributed by atoms with Crippen molar-refractivity contribution in [2.45, 2.75) is 64.9 Å². The van der Waals surface area contributed by atoms with Crippen molar-refractivity contribution in [3.63, 3.8) is 0 Å². The summed E-state index contributed by atoms with van der Waals surface area (Å²) >= 11 is 0. The van der Waals surface area contributed by atoms with Gasteiger partial charge in [0.1, 0.15) is 0 Å². The van der Waals surface area contributed by atoms with Gasteiger partial charge in [0.05, 0.1) is 6.10 Å². The minimum Gasteiger partial charge on any atom is -0.393 e. The summed E-state index contributed by atoms with van der Waals surface area (Å²) in [5.41, 5.74) is 1.63. The number of carbonyl (C=O) groups is 1. The summed E-state index contributed by atoms with van der Waals surface area (Å²) in [5.74, 6) is 3.96. The summed E-state index contributed by atoms with van der Waals surface area (Å²) < 4.78 is 0. The third kappa shape index (κ3) is 1.91. The zero-order valence-corrected chi connectivity index (χ0v) is 13.3. The van der Waals surface area contributed by atoms with Crippen LogP contribution < -0.4 is 0 Å². The molecule has 0 amide bonds. The fraction of sp³-hybridized carbons (Fsp3) is 0.842. The van der Waals surface area contributed by atoms with Crippen molar-refractivity contribution in [3.8, 4) is 0 Å². The summed E-state index contributed by atoms with van der Waals surface area (Å²) in [7, 11) is 0. The molecule has 2 unspecified atom stereocenters. The molecule has 0 aliphatic heterocycles. The van der Waals surface area contributed by atoms with Gasteiger partial charge in [-0.2, -0.15) is 0 Å². The van der Waals surface area contributed by atoms with Gasteiger partial charge in [-0.25, -0.2) is 0 Å². The minimum atomic E-state index is -0.0828. The molecule has 2 heteroatoms. The quantitative estimate of drug-likeness (QED) is 0.737. The van der Waals surface area contributed by atoms with Gasteiger partial charge in [0.25, 0.3) is 0 Å². The number of allylic oxidation sites excluding steroid dienone is 1. The zero-order chi connectivity index (χ0) is 14.8. The monoisotopic (exact) mass is 288 g/mol. The lowest BCUT2D eigenvalue weighted by atomic mass is 9.49. The highest BCUT2D eigenvalue weighted by Crippen LogP contribution is 2.62. The summed E-state index contributed by atoms with van der Waals surface area (Å²) in [4.78, 5) is 11.8. The normalized spacial score (nSPS) is 52.7. The molecule has 0 heterocycles. The van der Waals surface area contributed by atoms with Crippen LogP contribution in [0.3, 0.4) is 0 Å². The second-order valence-electron chi connectivity index (χ2n) is 8.50. The van der Waals surface area contributed by atoms with Gasteiger partial charge in [-0.05, 0) is 79.6 Å². The Hall–Kier alpha value is -0.630. The first-order valence-electron chi connectivity index (χ1n) is 8.92. The maximum Gasteiger partial charge on any atom is 0.155 e. The molecule has 7 atom stereocenters. The first kappa shape index (κ1) is 14.0. The van der Waals surface area contributed by atoms with Gasteiger partial charge in [-0.3, -0.25) is 4.79 Å². The van der Waals surface area contributed by atoms with Crippen LogP contribution in [0.25, 0.3) is 0 Å². The average Bonchev–Trinajstić information content (AvgIpc) is 2.74. The number of hydrogen-bond acceptors (Lipinski definition) is 2. The Bertz CT molecular complexity index is 494. The highest BCUT2D eigenvalue weighted by molar-refractivity contribution is 5.91. The standard InChI is InChI=1S/C19H28O2/c1-11-9-12-10-13(20)3-4-14(12)15-7-8-19(2)16(18(11)15)5-6-17(19)21/h10-11,14-18,21H,3-9H2,1-2H3/t11?,14-,15-,16+,17?,18+,19-/m0/s1. The molecule has 3 saturated carbocycles. The maximum atomic E-state index is 11.8. The van der Waals surface area contributed by atoms with Crippen LogP contribution in [0.15, 0.2) is 11.6 Å². The Labute approximate surface area is 128 Å². The Morgan fingerprint density at radius 2 is 2.05 bits per heavy atom. The highest BCUT2D eigenvalue weighted by atomic mass is 16.3. The van der Waals surface area contributed by atoms with Crippen LogP contribution in [0.2, 0.25) is 0 Å². The molecule has 4 aliphatic rings. The van der Waals surface area contributed by atoms with E-state index in [1.165, 1.54) is 24.8 Å². The molecule has 0 bridgehead atoms. The molecule has 0 saturated heterocycles. The van der Waals surface area contributed by atoms with Crippen LogP contribution in [-0.2, 0) is 4.79 Å². The van der Waals surface area contributed by atoms with E-state index >= 15 is 0 Å². The van der Waals surface area contributed by atoms with E-state index in [2.05, 4.69) is 13.8 Å².